The summed E-state index contributed by atoms with van der Waals surface area (Å²) in [5.41, 5.74) is 1.82. The van der Waals surface area contributed by atoms with E-state index in [1.54, 1.807) is 25.3 Å². The number of amides is 2. The minimum atomic E-state index is -0.684. The number of rotatable bonds is 7. The molecule has 2 aromatic heterocycles. The lowest BCUT2D eigenvalue weighted by molar-refractivity contribution is -0.139. The second kappa shape index (κ2) is 9.14. The lowest BCUT2D eigenvalue weighted by atomic mass is 9.99. The molecule has 2 aliphatic rings. The zero-order valence-corrected chi connectivity index (χ0v) is 16.8. The average Bonchev–Trinajstić information content (AvgIpc) is 3.43. The van der Waals surface area contributed by atoms with Gasteiger partial charge in [0.15, 0.2) is 0 Å². The van der Waals surface area contributed by atoms with Crippen LogP contribution < -0.4 is 10.6 Å². The molecule has 160 valence electrons. The van der Waals surface area contributed by atoms with Crippen molar-refractivity contribution in [2.75, 3.05) is 39.3 Å². The van der Waals surface area contributed by atoms with Gasteiger partial charge in [0.2, 0.25) is 0 Å². The summed E-state index contributed by atoms with van der Waals surface area (Å²) in [5.74, 6) is 0.0221. The maximum Gasteiger partial charge on any atom is 0.338 e. The summed E-state index contributed by atoms with van der Waals surface area (Å²) >= 11 is 0. The van der Waals surface area contributed by atoms with E-state index < -0.39 is 12.0 Å². The lowest BCUT2D eigenvalue weighted by Gasteiger charge is -2.36. The Morgan fingerprint density at radius 2 is 1.97 bits per heavy atom. The first-order valence-corrected chi connectivity index (χ1v) is 9.99. The third-order valence-electron chi connectivity index (χ3n) is 5.20. The van der Waals surface area contributed by atoms with E-state index in [2.05, 4.69) is 25.6 Å². The fraction of sp³-hybridized carbons (Fsp3) is 0.450. The topological polar surface area (TPSA) is 113 Å². The van der Waals surface area contributed by atoms with Gasteiger partial charge in [-0.15, -0.1) is 0 Å². The summed E-state index contributed by atoms with van der Waals surface area (Å²) in [6.07, 6.45) is 3.09. The van der Waals surface area contributed by atoms with Crippen LogP contribution in [0.3, 0.4) is 0 Å². The molecule has 0 saturated carbocycles. The Hall–Kier alpha value is -3.11. The highest BCUT2D eigenvalue weighted by Crippen LogP contribution is 2.28. The molecule has 10 nitrogen and oxygen atoms in total. The Kier molecular flexibility index (Phi) is 6.15. The largest absolute Gasteiger partial charge is 0.467 e. The van der Waals surface area contributed by atoms with E-state index in [1.165, 1.54) is 6.26 Å². The van der Waals surface area contributed by atoms with Gasteiger partial charge in [0.1, 0.15) is 18.1 Å². The van der Waals surface area contributed by atoms with E-state index in [-0.39, 0.29) is 12.6 Å². The van der Waals surface area contributed by atoms with Gasteiger partial charge in [-0.2, -0.15) is 0 Å². The summed E-state index contributed by atoms with van der Waals surface area (Å²) in [6, 6.07) is 4.26. The quantitative estimate of drug-likeness (QED) is 0.650. The molecule has 1 fully saturated rings. The Bertz CT molecular complexity index is 885. The molecular formula is C20H25N5O5. The number of esters is 1. The van der Waals surface area contributed by atoms with Crippen LogP contribution in [-0.4, -0.2) is 66.3 Å². The fourth-order valence-electron chi connectivity index (χ4n) is 3.74. The number of ether oxygens (including phenoxy) is 1. The number of carbonyl (C=O) groups is 2. The second-order valence-electron chi connectivity index (χ2n) is 7.20. The summed E-state index contributed by atoms with van der Waals surface area (Å²) in [4.78, 5) is 29.5. The first-order valence-electron chi connectivity index (χ1n) is 9.99. The maximum absolute atomic E-state index is 12.7. The van der Waals surface area contributed by atoms with Crippen molar-refractivity contribution in [1.82, 2.24) is 25.6 Å². The van der Waals surface area contributed by atoms with Gasteiger partial charge in [0, 0.05) is 51.0 Å². The molecular weight excluding hydrogens is 390 g/mol. The summed E-state index contributed by atoms with van der Waals surface area (Å²) in [5, 5.41) is 9.52. The molecule has 0 aliphatic carbocycles. The Labute approximate surface area is 173 Å². The molecule has 10 heteroatoms. The van der Waals surface area contributed by atoms with Crippen molar-refractivity contribution in [3.05, 3.63) is 53.4 Å². The number of urea groups is 1. The third-order valence-corrected chi connectivity index (χ3v) is 5.20. The van der Waals surface area contributed by atoms with E-state index in [9.17, 15) is 9.59 Å². The van der Waals surface area contributed by atoms with Crippen molar-refractivity contribution in [3.8, 4) is 0 Å². The monoisotopic (exact) mass is 415 g/mol. The lowest BCUT2D eigenvalue weighted by Crippen LogP contribution is -2.51. The van der Waals surface area contributed by atoms with Crippen LogP contribution in [0, 0.1) is 0 Å². The van der Waals surface area contributed by atoms with Gasteiger partial charge >= 0.3 is 12.0 Å². The average molecular weight is 415 g/mol. The van der Waals surface area contributed by atoms with E-state index in [0.717, 1.165) is 38.4 Å². The van der Waals surface area contributed by atoms with E-state index in [4.69, 9.17) is 13.7 Å². The van der Waals surface area contributed by atoms with Crippen LogP contribution in [0.15, 0.2) is 50.9 Å². The van der Waals surface area contributed by atoms with Gasteiger partial charge in [0.05, 0.1) is 24.1 Å². The number of hydrogen-bond donors (Lipinski definition) is 2. The SMILES string of the molecule is CCOC(=O)C1=C(CN2CCN(Cc3ccon3)CC2)NC(=O)N[C@H]1c1ccco1. The van der Waals surface area contributed by atoms with Crippen LogP contribution in [0.25, 0.3) is 0 Å². The zero-order chi connectivity index (χ0) is 20.9. The Morgan fingerprint density at radius 1 is 1.20 bits per heavy atom. The minimum absolute atomic E-state index is 0.245. The summed E-state index contributed by atoms with van der Waals surface area (Å²) in [6.45, 7) is 6.47. The smallest absolute Gasteiger partial charge is 0.338 e. The molecule has 1 atom stereocenters. The highest BCUT2D eigenvalue weighted by atomic mass is 16.5. The highest BCUT2D eigenvalue weighted by molar-refractivity contribution is 5.95. The van der Waals surface area contributed by atoms with Gasteiger partial charge in [-0.1, -0.05) is 5.16 Å². The van der Waals surface area contributed by atoms with Crippen LogP contribution in [-0.2, 0) is 16.1 Å². The van der Waals surface area contributed by atoms with E-state index >= 15 is 0 Å². The predicted octanol–water partition coefficient (Wildman–Crippen LogP) is 1.26. The molecule has 2 aliphatic heterocycles. The Balaban J connectivity index is 1.48. The van der Waals surface area contributed by atoms with Crippen LogP contribution in [0.5, 0.6) is 0 Å². The Morgan fingerprint density at radius 3 is 2.60 bits per heavy atom. The third kappa shape index (κ3) is 4.55. The van der Waals surface area contributed by atoms with E-state index in [1.807, 2.05) is 6.07 Å². The first kappa shape index (κ1) is 20.2. The molecule has 30 heavy (non-hydrogen) atoms. The van der Waals surface area contributed by atoms with Gasteiger partial charge in [0.25, 0.3) is 0 Å². The number of aromatic nitrogens is 1. The van der Waals surface area contributed by atoms with Gasteiger partial charge in [-0.3, -0.25) is 9.80 Å². The van der Waals surface area contributed by atoms with Crippen LogP contribution >= 0.6 is 0 Å². The van der Waals surface area contributed by atoms with Crippen molar-refractivity contribution in [2.24, 2.45) is 0 Å². The van der Waals surface area contributed by atoms with Crippen molar-refractivity contribution < 1.29 is 23.3 Å². The van der Waals surface area contributed by atoms with Crippen LogP contribution in [0.1, 0.15) is 24.4 Å². The maximum atomic E-state index is 12.7. The van der Waals surface area contributed by atoms with Crippen LogP contribution in [0.2, 0.25) is 0 Å². The molecule has 0 radical (unpaired) electrons. The van der Waals surface area contributed by atoms with Crippen LogP contribution in [0.4, 0.5) is 4.79 Å². The van der Waals surface area contributed by atoms with E-state index in [0.29, 0.717) is 23.6 Å². The molecule has 4 rings (SSSR count). The number of nitrogens with one attached hydrogen (secondary N) is 2. The normalized spacial score (nSPS) is 20.7. The molecule has 0 bridgehead atoms. The molecule has 1 saturated heterocycles. The highest BCUT2D eigenvalue weighted by Gasteiger charge is 2.36. The second-order valence-corrected chi connectivity index (χ2v) is 7.20. The standard InChI is InChI=1S/C20H25N5O5/c1-2-28-19(26)17-15(21-20(27)22-18(17)16-4-3-10-29-16)13-25-8-6-24(7-9-25)12-14-5-11-30-23-14/h3-5,10-11,18H,2,6-9,12-13H2,1H3,(H2,21,22,27)/t18-/m0/s1. The molecule has 4 heterocycles. The molecule has 0 unspecified atom stereocenters. The van der Waals surface area contributed by atoms with Crippen molar-refractivity contribution in [2.45, 2.75) is 19.5 Å². The first-order chi connectivity index (χ1) is 14.6. The van der Waals surface area contributed by atoms with Crippen molar-refractivity contribution in [1.29, 1.82) is 0 Å². The summed E-state index contributed by atoms with van der Waals surface area (Å²) < 4.78 is 15.6. The fourth-order valence-corrected chi connectivity index (χ4v) is 3.74. The van der Waals surface area contributed by atoms with Gasteiger partial charge in [-0.25, -0.2) is 9.59 Å². The number of hydrogen-bond acceptors (Lipinski definition) is 8. The van der Waals surface area contributed by atoms with Crippen molar-refractivity contribution in [3.63, 3.8) is 0 Å². The molecule has 0 spiro atoms. The number of carbonyl (C=O) groups excluding carboxylic acids is 2. The minimum Gasteiger partial charge on any atom is -0.467 e. The van der Waals surface area contributed by atoms with Gasteiger partial charge < -0.3 is 24.3 Å². The summed E-state index contributed by atoms with van der Waals surface area (Å²) in [7, 11) is 0. The molecule has 2 amide bonds. The number of nitrogens with zero attached hydrogens (tertiary/aromatic N) is 3. The molecule has 2 N–H and O–H groups in total. The predicted molar refractivity (Wildman–Crippen MR) is 105 cm³/mol. The molecule has 0 aromatic carbocycles. The van der Waals surface area contributed by atoms with Gasteiger partial charge in [-0.05, 0) is 19.1 Å². The number of piperazine rings is 1. The number of furan rings is 1. The van der Waals surface area contributed by atoms with Crippen molar-refractivity contribution >= 4 is 12.0 Å². The molecule has 2 aromatic rings. The zero-order valence-electron chi connectivity index (χ0n) is 16.8.